The van der Waals surface area contributed by atoms with Gasteiger partial charge in [0.15, 0.2) is 0 Å². The number of sulfonamides is 1. The minimum absolute atomic E-state index is 0.0135. The summed E-state index contributed by atoms with van der Waals surface area (Å²) >= 11 is 6.28. The SMILES string of the molecule is CCOc1ccc(S(=O)(=O)N(CC(=O)N2c3ccccc3CC2C)Cc2ccccc2)cc1Cl. The number of ether oxygens (including phenoxy) is 1. The number of rotatable bonds is 8. The molecule has 178 valence electrons. The Kier molecular flexibility index (Phi) is 7.26. The molecule has 1 atom stereocenters. The molecule has 34 heavy (non-hydrogen) atoms. The van der Waals surface area contributed by atoms with Crippen molar-refractivity contribution in [3.8, 4) is 5.75 Å². The molecule has 6 nitrogen and oxygen atoms in total. The van der Waals surface area contributed by atoms with Crippen LogP contribution in [0.25, 0.3) is 0 Å². The van der Waals surface area contributed by atoms with E-state index < -0.39 is 10.0 Å². The number of halogens is 1. The number of anilines is 1. The first-order chi connectivity index (χ1) is 16.3. The Morgan fingerprint density at radius 3 is 2.50 bits per heavy atom. The molecule has 8 heteroatoms. The smallest absolute Gasteiger partial charge is 0.243 e. The third-order valence-corrected chi connectivity index (χ3v) is 7.91. The fraction of sp³-hybridized carbons (Fsp3) is 0.269. The highest BCUT2D eigenvalue weighted by atomic mass is 35.5. The van der Waals surface area contributed by atoms with Crippen LogP contribution >= 0.6 is 11.6 Å². The van der Waals surface area contributed by atoms with Gasteiger partial charge in [-0.05, 0) is 55.7 Å². The summed E-state index contributed by atoms with van der Waals surface area (Å²) in [5.41, 5.74) is 2.70. The van der Waals surface area contributed by atoms with Crippen molar-refractivity contribution < 1.29 is 17.9 Å². The molecule has 0 saturated carbocycles. The summed E-state index contributed by atoms with van der Waals surface area (Å²) in [6, 6.07) is 21.3. The van der Waals surface area contributed by atoms with Gasteiger partial charge in [-0.3, -0.25) is 4.79 Å². The molecule has 0 fully saturated rings. The zero-order valence-corrected chi connectivity index (χ0v) is 20.7. The Balaban J connectivity index is 1.67. The third kappa shape index (κ3) is 4.97. The zero-order valence-electron chi connectivity index (χ0n) is 19.1. The van der Waals surface area contributed by atoms with Crippen LogP contribution in [0.2, 0.25) is 5.02 Å². The summed E-state index contributed by atoms with van der Waals surface area (Å²) in [5, 5.41) is 0.205. The molecule has 1 amide bonds. The van der Waals surface area contributed by atoms with Gasteiger partial charge in [0, 0.05) is 18.3 Å². The van der Waals surface area contributed by atoms with E-state index in [1.165, 1.54) is 16.4 Å². The summed E-state index contributed by atoms with van der Waals surface area (Å²) in [6.07, 6.45) is 0.738. The van der Waals surface area contributed by atoms with Crippen molar-refractivity contribution >= 4 is 33.2 Å². The topological polar surface area (TPSA) is 66.9 Å². The Hall–Kier alpha value is -2.87. The van der Waals surface area contributed by atoms with E-state index in [-0.39, 0.29) is 35.0 Å². The van der Waals surface area contributed by atoms with Crippen LogP contribution < -0.4 is 9.64 Å². The third-order valence-electron chi connectivity index (χ3n) is 5.83. The molecule has 3 aromatic rings. The van der Waals surface area contributed by atoms with Crippen LogP contribution in [0.15, 0.2) is 77.7 Å². The Labute approximate surface area is 205 Å². The minimum atomic E-state index is -4.03. The number of amides is 1. The summed E-state index contributed by atoms with van der Waals surface area (Å²) in [5.74, 6) is 0.144. The second kappa shape index (κ2) is 10.2. The van der Waals surface area contributed by atoms with Crippen molar-refractivity contribution in [1.82, 2.24) is 4.31 Å². The lowest BCUT2D eigenvalue weighted by atomic mass is 10.1. The molecule has 4 rings (SSSR count). The first-order valence-electron chi connectivity index (χ1n) is 11.2. The first-order valence-corrected chi connectivity index (χ1v) is 13.0. The van der Waals surface area contributed by atoms with E-state index in [1.54, 1.807) is 11.0 Å². The van der Waals surface area contributed by atoms with Gasteiger partial charge < -0.3 is 9.64 Å². The number of hydrogen-bond acceptors (Lipinski definition) is 4. The van der Waals surface area contributed by atoms with Crippen molar-refractivity contribution in [1.29, 1.82) is 0 Å². The van der Waals surface area contributed by atoms with Gasteiger partial charge in [0.2, 0.25) is 15.9 Å². The fourth-order valence-electron chi connectivity index (χ4n) is 4.25. The standard InChI is InChI=1S/C26H27ClN2O4S/c1-3-33-25-14-13-22(16-23(25)27)34(31,32)28(17-20-9-5-4-6-10-20)18-26(30)29-19(2)15-21-11-7-8-12-24(21)29/h4-14,16,19H,3,15,17-18H2,1-2H3. The van der Waals surface area contributed by atoms with Crippen molar-refractivity contribution in [3.05, 3.63) is 88.9 Å². The number of carbonyl (C=O) groups excluding carboxylic acids is 1. The molecule has 0 aromatic heterocycles. The van der Waals surface area contributed by atoms with E-state index in [4.69, 9.17) is 16.3 Å². The van der Waals surface area contributed by atoms with E-state index in [2.05, 4.69) is 0 Å². The van der Waals surface area contributed by atoms with Crippen LogP contribution in [0.1, 0.15) is 25.0 Å². The number of benzene rings is 3. The quantitative estimate of drug-likeness (QED) is 0.442. The summed E-state index contributed by atoms with van der Waals surface area (Å²) in [6.45, 7) is 3.98. The zero-order chi connectivity index (χ0) is 24.3. The number of hydrogen-bond donors (Lipinski definition) is 0. The van der Waals surface area contributed by atoms with Crippen LogP contribution in [0.3, 0.4) is 0 Å². The van der Waals surface area contributed by atoms with E-state index >= 15 is 0 Å². The molecular formula is C26H27ClN2O4S. The molecule has 0 spiro atoms. The number of para-hydroxylation sites is 1. The minimum Gasteiger partial charge on any atom is -0.492 e. The molecule has 1 unspecified atom stereocenters. The average molecular weight is 499 g/mol. The highest BCUT2D eigenvalue weighted by Gasteiger charge is 2.34. The van der Waals surface area contributed by atoms with E-state index in [0.29, 0.717) is 12.4 Å². The van der Waals surface area contributed by atoms with Crippen LogP contribution in [0.5, 0.6) is 5.75 Å². The molecule has 0 saturated heterocycles. The number of nitrogens with zero attached hydrogens (tertiary/aromatic N) is 2. The predicted octanol–water partition coefficient (Wildman–Crippen LogP) is 4.91. The molecule has 1 aliphatic rings. The summed E-state index contributed by atoms with van der Waals surface area (Å²) in [7, 11) is -4.03. The van der Waals surface area contributed by atoms with Gasteiger partial charge in [0.1, 0.15) is 5.75 Å². The summed E-state index contributed by atoms with van der Waals surface area (Å²) < 4.78 is 34.0. The van der Waals surface area contributed by atoms with Crippen molar-refractivity contribution in [3.63, 3.8) is 0 Å². The molecule has 0 radical (unpaired) electrons. The highest BCUT2D eigenvalue weighted by Crippen LogP contribution is 2.33. The first kappa shape index (κ1) is 24.3. The molecule has 0 N–H and O–H groups in total. The molecule has 1 aliphatic heterocycles. The normalized spacial score (nSPS) is 15.4. The van der Waals surface area contributed by atoms with Gasteiger partial charge in [0.25, 0.3) is 0 Å². The highest BCUT2D eigenvalue weighted by molar-refractivity contribution is 7.89. The largest absolute Gasteiger partial charge is 0.492 e. The average Bonchev–Trinajstić information content (AvgIpc) is 3.16. The Bertz CT molecular complexity index is 1280. The van der Waals surface area contributed by atoms with E-state index in [0.717, 1.165) is 23.2 Å². The predicted molar refractivity (Wildman–Crippen MR) is 134 cm³/mol. The van der Waals surface area contributed by atoms with Gasteiger partial charge in [-0.2, -0.15) is 4.31 Å². The van der Waals surface area contributed by atoms with Gasteiger partial charge in [-0.15, -0.1) is 0 Å². The van der Waals surface area contributed by atoms with Crippen molar-refractivity contribution in [2.75, 3.05) is 18.1 Å². The number of carbonyl (C=O) groups is 1. The maximum atomic E-state index is 13.7. The van der Waals surface area contributed by atoms with Crippen molar-refractivity contribution in [2.24, 2.45) is 0 Å². The second-order valence-electron chi connectivity index (χ2n) is 8.23. The second-order valence-corrected chi connectivity index (χ2v) is 10.6. The summed E-state index contributed by atoms with van der Waals surface area (Å²) in [4.78, 5) is 15.2. The maximum absolute atomic E-state index is 13.7. The lowest BCUT2D eigenvalue weighted by Gasteiger charge is -2.27. The van der Waals surface area contributed by atoms with Crippen LogP contribution in [0.4, 0.5) is 5.69 Å². The van der Waals surface area contributed by atoms with Crippen molar-refractivity contribution in [2.45, 2.75) is 37.8 Å². The number of fused-ring (bicyclic) bond motifs is 1. The monoisotopic (exact) mass is 498 g/mol. The Morgan fingerprint density at radius 2 is 1.79 bits per heavy atom. The lowest BCUT2D eigenvalue weighted by Crippen LogP contribution is -2.44. The van der Waals surface area contributed by atoms with Crippen LogP contribution in [-0.2, 0) is 27.8 Å². The molecule has 3 aromatic carbocycles. The fourth-order valence-corrected chi connectivity index (χ4v) is 5.95. The molecule has 1 heterocycles. The van der Waals surface area contributed by atoms with Crippen LogP contribution in [-0.4, -0.2) is 37.8 Å². The van der Waals surface area contributed by atoms with Crippen LogP contribution in [0, 0.1) is 0 Å². The van der Waals surface area contributed by atoms with Gasteiger partial charge in [-0.25, -0.2) is 8.42 Å². The van der Waals surface area contributed by atoms with Gasteiger partial charge in [-0.1, -0.05) is 60.1 Å². The molecule has 0 aliphatic carbocycles. The van der Waals surface area contributed by atoms with E-state index in [9.17, 15) is 13.2 Å². The van der Waals surface area contributed by atoms with Gasteiger partial charge in [0.05, 0.1) is 23.1 Å². The maximum Gasteiger partial charge on any atom is 0.243 e. The molecular weight excluding hydrogens is 472 g/mol. The van der Waals surface area contributed by atoms with Gasteiger partial charge >= 0.3 is 0 Å². The van der Waals surface area contributed by atoms with E-state index in [1.807, 2.05) is 68.4 Å². The Morgan fingerprint density at radius 1 is 1.09 bits per heavy atom. The lowest BCUT2D eigenvalue weighted by molar-refractivity contribution is -0.119. The molecule has 0 bridgehead atoms.